The molecule has 1 aromatic rings. The van der Waals surface area contributed by atoms with Crippen molar-refractivity contribution in [2.75, 3.05) is 26.2 Å². The van der Waals surface area contributed by atoms with E-state index < -0.39 is 20.6 Å². The minimum atomic E-state index is -5.16. The lowest BCUT2D eigenvalue weighted by molar-refractivity contribution is -0.0444. The van der Waals surface area contributed by atoms with Crippen LogP contribution in [0.4, 0.5) is 13.2 Å². The Hall–Kier alpha value is -1.28. The Kier molecular flexibility index (Phi) is 4.31. The summed E-state index contributed by atoms with van der Waals surface area (Å²) < 4.78 is 66.0. The third-order valence-electron chi connectivity index (χ3n) is 4.46. The monoisotopic (exact) mass is 349 g/mol. The van der Waals surface area contributed by atoms with E-state index in [0.29, 0.717) is 26.1 Å². The van der Waals surface area contributed by atoms with E-state index in [4.69, 9.17) is 4.74 Å². The summed E-state index contributed by atoms with van der Waals surface area (Å²) in [6.45, 7) is 1.58. The number of fused-ring (bicyclic) bond motifs is 1. The largest absolute Gasteiger partial charge is 0.497 e. The second-order valence-electron chi connectivity index (χ2n) is 5.99. The van der Waals surface area contributed by atoms with Gasteiger partial charge in [-0.3, -0.25) is 0 Å². The van der Waals surface area contributed by atoms with Crippen LogP contribution in [0, 0.1) is 0 Å². The maximum atomic E-state index is 12.6. The van der Waals surface area contributed by atoms with Crippen LogP contribution < -0.4 is 4.74 Å². The number of nitrogens with zero attached hydrogens (tertiary/aromatic N) is 1. The minimum absolute atomic E-state index is 0.0415. The molecule has 2 aliphatic heterocycles. The van der Waals surface area contributed by atoms with Crippen LogP contribution in [-0.4, -0.2) is 50.3 Å². The number of alkyl halides is 3. The zero-order valence-electron chi connectivity index (χ0n) is 12.5. The van der Waals surface area contributed by atoms with E-state index in [1.54, 1.807) is 4.90 Å². The first-order valence-electron chi connectivity index (χ1n) is 7.54. The van der Waals surface area contributed by atoms with E-state index in [0.717, 1.165) is 23.3 Å². The average molecular weight is 349 g/mol. The predicted molar refractivity (Wildman–Crippen MR) is 79.2 cm³/mol. The molecule has 1 unspecified atom stereocenters. The Morgan fingerprint density at radius 3 is 2.83 bits per heavy atom. The Morgan fingerprint density at radius 2 is 2.09 bits per heavy atom. The second-order valence-corrected chi connectivity index (χ2v) is 8.21. The standard InChI is InChI=1S/C15H18F3NO3S/c16-15(17,18)23(20,21)13-4-7-19(10-13)6-3-11-1-2-14-12(9-11)5-8-22-14/h1-2,9,13H,3-8,10H2. The predicted octanol–water partition coefficient (Wildman–Crippen LogP) is 2.17. The Labute approximate surface area is 133 Å². The van der Waals surface area contributed by atoms with Crippen LogP contribution in [0.25, 0.3) is 0 Å². The molecule has 4 nitrogen and oxygen atoms in total. The fourth-order valence-corrected chi connectivity index (χ4v) is 4.33. The first-order valence-corrected chi connectivity index (χ1v) is 9.09. The van der Waals surface area contributed by atoms with Crippen LogP contribution in [0.15, 0.2) is 18.2 Å². The van der Waals surface area contributed by atoms with Gasteiger partial charge in [0, 0.05) is 19.5 Å². The number of benzene rings is 1. The van der Waals surface area contributed by atoms with Crippen molar-refractivity contribution in [3.8, 4) is 5.75 Å². The topological polar surface area (TPSA) is 46.6 Å². The summed E-state index contributed by atoms with van der Waals surface area (Å²) >= 11 is 0. The SMILES string of the molecule is O=S(=O)(C1CCN(CCc2ccc3c(c2)CCO3)C1)C(F)(F)F. The number of ether oxygens (including phenoxy) is 1. The van der Waals surface area contributed by atoms with Crippen molar-refractivity contribution in [2.45, 2.75) is 30.0 Å². The van der Waals surface area contributed by atoms with Crippen molar-refractivity contribution < 1.29 is 26.3 Å². The van der Waals surface area contributed by atoms with E-state index in [1.165, 1.54) is 0 Å². The Bertz CT molecular complexity index is 688. The third kappa shape index (κ3) is 3.33. The molecule has 0 spiro atoms. The van der Waals surface area contributed by atoms with Gasteiger partial charge in [-0.25, -0.2) is 8.42 Å². The molecule has 8 heteroatoms. The molecule has 0 bridgehead atoms. The number of hydrogen-bond donors (Lipinski definition) is 0. The van der Waals surface area contributed by atoms with E-state index in [1.807, 2.05) is 12.1 Å². The van der Waals surface area contributed by atoms with Crippen LogP contribution in [0.1, 0.15) is 17.5 Å². The van der Waals surface area contributed by atoms with Gasteiger partial charge in [0.1, 0.15) is 5.75 Å². The van der Waals surface area contributed by atoms with Crippen molar-refractivity contribution in [3.05, 3.63) is 29.3 Å². The van der Waals surface area contributed by atoms with Gasteiger partial charge in [-0.05, 0) is 36.6 Å². The number of rotatable bonds is 4. The van der Waals surface area contributed by atoms with Gasteiger partial charge in [-0.2, -0.15) is 13.2 Å². The molecule has 0 amide bonds. The minimum Gasteiger partial charge on any atom is -0.493 e. The molecule has 1 fully saturated rings. The average Bonchev–Trinajstić information content (AvgIpc) is 3.12. The van der Waals surface area contributed by atoms with E-state index >= 15 is 0 Å². The molecular formula is C15H18F3NO3S. The molecule has 1 saturated heterocycles. The molecule has 2 heterocycles. The maximum absolute atomic E-state index is 12.6. The van der Waals surface area contributed by atoms with Crippen molar-refractivity contribution >= 4 is 9.84 Å². The molecule has 3 rings (SSSR count). The highest BCUT2D eigenvalue weighted by Crippen LogP contribution is 2.31. The molecule has 0 aliphatic carbocycles. The summed E-state index contributed by atoms with van der Waals surface area (Å²) in [5.74, 6) is 0.895. The van der Waals surface area contributed by atoms with Crippen LogP contribution in [-0.2, 0) is 22.7 Å². The van der Waals surface area contributed by atoms with Gasteiger partial charge in [0.15, 0.2) is 0 Å². The van der Waals surface area contributed by atoms with Gasteiger partial charge in [-0.1, -0.05) is 12.1 Å². The molecule has 0 N–H and O–H groups in total. The van der Waals surface area contributed by atoms with Gasteiger partial charge in [-0.15, -0.1) is 0 Å². The summed E-state index contributed by atoms with van der Waals surface area (Å²) in [7, 11) is -5.06. The zero-order chi connectivity index (χ0) is 16.7. The number of halogens is 3. The summed E-state index contributed by atoms with van der Waals surface area (Å²) in [5.41, 5.74) is -2.91. The van der Waals surface area contributed by atoms with Crippen LogP contribution in [0.2, 0.25) is 0 Å². The molecule has 1 atom stereocenters. The molecule has 23 heavy (non-hydrogen) atoms. The normalized spacial score (nSPS) is 22.1. The third-order valence-corrected chi connectivity index (χ3v) is 6.37. The van der Waals surface area contributed by atoms with Gasteiger partial charge in [0.2, 0.25) is 0 Å². The van der Waals surface area contributed by atoms with E-state index in [-0.39, 0.29) is 13.0 Å². The summed E-state index contributed by atoms with van der Waals surface area (Å²) in [5, 5.41) is -1.34. The first-order chi connectivity index (χ1) is 10.8. The van der Waals surface area contributed by atoms with Gasteiger partial charge in [0.25, 0.3) is 9.84 Å². The molecule has 128 valence electrons. The van der Waals surface area contributed by atoms with Crippen molar-refractivity contribution in [1.82, 2.24) is 4.90 Å². The molecule has 0 saturated carbocycles. The first kappa shape index (κ1) is 16.6. The fourth-order valence-electron chi connectivity index (χ4n) is 3.13. The highest BCUT2D eigenvalue weighted by atomic mass is 32.2. The van der Waals surface area contributed by atoms with Crippen molar-refractivity contribution in [3.63, 3.8) is 0 Å². The Morgan fingerprint density at radius 1 is 1.30 bits per heavy atom. The van der Waals surface area contributed by atoms with Gasteiger partial charge < -0.3 is 9.64 Å². The molecule has 0 radical (unpaired) electrons. The van der Waals surface area contributed by atoms with Gasteiger partial charge >= 0.3 is 5.51 Å². The summed E-state index contributed by atoms with van der Waals surface area (Å²) in [6.07, 6.45) is 1.60. The summed E-state index contributed by atoms with van der Waals surface area (Å²) in [6, 6.07) is 5.92. The van der Waals surface area contributed by atoms with E-state index in [2.05, 4.69) is 6.07 Å². The summed E-state index contributed by atoms with van der Waals surface area (Å²) in [4.78, 5) is 1.79. The second kappa shape index (κ2) is 5.98. The van der Waals surface area contributed by atoms with E-state index in [9.17, 15) is 21.6 Å². The number of likely N-dealkylation sites (tertiary alicyclic amines) is 1. The lowest BCUT2D eigenvalue weighted by Gasteiger charge is -2.17. The number of hydrogen-bond acceptors (Lipinski definition) is 4. The van der Waals surface area contributed by atoms with Crippen LogP contribution in [0.3, 0.4) is 0 Å². The highest BCUT2D eigenvalue weighted by molar-refractivity contribution is 7.92. The van der Waals surface area contributed by atoms with Crippen LogP contribution in [0.5, 0.6) is 5.75 Å². The zero-order valence-corrected chi connectivity index (χ0v) is 13.3. The van der Waals surface area contributed by atoms with Crippen LogP contribution >= 0.6 is 0 Å². The molecule has 2 aliphatic rings. The number of sulfone groups is 1. The fraction of sp³-hybridized carbons (Fsp3) is 0.600. The maximum Gasteiger partial charge on any atom is 0.497 e. The smallest absolute Gasteiger partial charge is 0.493 e. The lowest BCUT2D eigenvalue weighted by Crippen LogP contribution is -2.36. The highest BCUT2D eigenvalue weighted by Gasteiger charge is 2.52. The molecule has 1 aromatic carbocycles. The van der Waals surface area contributed by atoms with Crippen molar-refractivity contribution in [1.29, 1.82) is 0 Å². The molecular weight excluding hydrogens is 331 g/mol. The quantitative estimate of drug-likeness (QED) is 0.836. The van der Waals surface area contributed by atoms with Gasteiger partial charge in [0.05, 0.1) is 11.9 Å². The molecule has 0 aromatic heterocycles. The van der Waals surface area contributed by atoms with Crippen molar-refractivity contribution in [2.24, 2.45) is 0 Å². The lowest BCUT2D eigenvalue weighted by atomic mass is 10.1. The Balaban J connectivity index is 1.57.